The smallest absolute Gasteiger partial charge is 0.260 e. The van der Waals surface area contributed by atoms with Gasteiger partial charge in [-0.1, -0.05) is 31.6 Å². The highest BCUT2D eigenvalue weighted by Crippen LogP contribution is 2.23. The molecule has 19 heavy (non-hydrogen) atoms. The van der Waals surface area contributed by atoms with E-state index in [1.807, 2.05) is 13.8 Å². The largest absolute Gasteiger partial charge is 0.288 e. The van der Waals surface area contributed by atoms with Gasteiger partial charge in [0.2, 0.25) is 0 Å². The van der Waals surface area contributed by atoms with E-state index in [0.29, 0.717) is 22.3 Å². The molecule has 1 aliphatic heterocycles. The van der Waals surface area contributed by atoms with Crippen LogP contribution in [0.25, 0.3) is 0 Å². The Bertz CT molecular complexity index is 691. The fraction of sp³-hybridized carbons (Fsp3) is 0.250. The van der Waals surface area contributed by atoms with Gasteiger partial charge in [-0.2, -0.15) is 0 Å². The van der Waals surface area contributed by atoms with Gasteiger partial charge in [0.1, 0.15) is 0 Å². The second-order valence-electron chi connectivity index (χ2n) is 4.49. The van der Waals surface area contributed by atoms with E-state index in [2.05, 4.69) is 29.0 Å². The van der Waals surface area contributed by atoms with Crippen molar-refractivity contribution in [3.63, 3.8) is 0 Å². The lowest BCUT2D eigenvalue weighted by Crippen LogP contribution is -2.20. The number of hydrogen-bond acceptors (Lipinski definition) is 2. The van der Waals surface area contributed by atoms with Crippen molar-refractivity contribution < 1.29 is 9.59 Å². The molecule has 0 aliphatic carbocycles. The Labute approximate surface area is 112 Å². The second-order valence-corrected chi connectivity index (χ2v) is 4.49. The molecular weight excluding hydrogens is 238 g/mol. The highest BCUT2D eigenvalue weighted by molar-refractivity contribution is 6.23. The molecule has 2 amide bonds. The lowest BCUT2D eigenvalue weighted by Gasteiger charge is -2.01. The lowest BCUT2D eigenvalue weighted by atomic mass is 9.97. The molecule has 0 unspecified atom stereocenters. The third-order valence-electron chi connectivity index (χ3n) is 2.64. The van der Waals surface area contributed by atoms with E-state index in [1.165, 1.54) is 0 Å². The van der Waals surface area contributed by atoms with Crippen LogP contribution in [0.15, 0.2) is 12.1 Å². The van der Waals surface area contributed by atoms with Crippen LogP contribution in [-0.4, -0.2) is 11.8 Å². The molecule has 1 aliphatic rings. The Kier molecular flexibility index (Phi) is 3.40. The maximum atomic E-state index is 11.9. The molecule has 0 bridgehead atoms. The molecule has 0 radical (unpaired) electrons. The summed E-state index contributed by atoms with van der Waals surface area (Å²) in [5.41, 5.74) is 1.83. The van der Waals surface area contributed by atoms with Gasteiger partial charge in [-0.15, -0.1) is 5.92 Å². The highest BCUT2D eigenvalue weighted by atomic mass is 16.2. The number of nitrogens with one attached hydrogen (secondary N) is 1. The number of fused-ring (bicyclic) bond motifs is 1. The molecule has 3 heteroatoms. The molecular formula is C16H13NO2. The Morgan fingerprint density at radius 1 is 1.00 bits per heavy atom. The third-order valence-corrected chi connectivity index (χ3v) is 2.64. The normalized spacial score (nSPS) is 12.2. The van der Waals surface area contributed by atoms with Crippen LogP contribution in [-0.2, 0) is 0 Å². The second kappa shape index (κ2) is 5.00. The van der Waals surface area contributed by atoms with Crippen molar-refractivity contribution in [3.8, 4) is 23.7 Å². The van der Waals surface area contributed by atoms with E-state index in [1.54, 1.807) is 19.1 Å². The van der Waals surface area contributed by atoms with Crippen molar-refractivity contribution in [3.05, 3.63) is 34.4 Å². The molecule has 0 atom stereocenters. The summed E-state index contributed by atoms with van der Waals surface area (Å²) < 4.78 is 0. The van der Waals surface area contributed by atoms with Gasteiger partial charge in [-0.05, 0) is 19.1 Å². The molecule has 1 heterocycles. The predicted molar refractivity (Wildman–Crippen MR) is 72.5 cm³/mol. The minimum Gasteiger partial charge on any atom is -0.288 e. The molecule has 1 aromatic carbocycles. The number of benzene rings is 1. The summed E-state index contributed by atoms with van der Waals surface area (Å²) in [6.45, 7) is 5.62. The van der Waals surface area contributed by atoms with Crippen LogP contribution in [0.3, 0.4) is 0 Å². The van der Waals surface area contributed by atoms with E-state index in [0.717, 1.165) is 0 Å². The van der Waals surface area contributed by atoms with Crippen molar-refractivity contribution in [1.29, 1.82) is 0 Å². The summed E-state index contributed by atoms with van der Waals surface area (Å²) in [4.78, 5) is 23.7. The zero-order valence-electron chi connectivity index (χ0n) is 11.0. The van der Waals surface area contributed by atoms with Gasteiger partial charge in [0.25, 0.3) is 11.8 Å². The summed E-state index contributed by atoms with van der Waals surface area (Å²) in [6, 6.07) is 3.48. The first-order valence-electron chi connectivity index (χ1n) is 6.01. The number of rotatable bonds is 0. The summed E-state index contributed by atoms with van der Waals surface area (Å²) in [5, 5.41) is 2.30. The molecule has 1 N–H and O–H groups in total. The van der Waals surface area contributed by atoms with Crippen LogP contribution in [0.2, 0.25) is 0 Å². The molecule has 0 aromatic heterocycles. The van der Waals surface area contributed by atoms with E-state index in [-0.39, 0.29) is 5.92 Å². The summed E-state index contributed by atoms with van der Waals surface area (Å²) in [5.74, 6) is 10.9. The molecule has 2 rings (SSSR count). The lowest BCUT2D eigenvalue weighted by molar-refractivity contribution is 0.0879. The van der Waals surface area contributed by atoms with Gasteiger partial charge in [-0.3, -0.25) is 14.9 Å². The fourth-order valence-corrected chi connectivity index (χ4v) is 1.87. The van der Waals surface area contributed by atoms with Crippen molar-refractivity contribution in [1.82, 2.24) is 5.32 Å². The molecule has 0 saturated heterocycles. The van der Waals surface area contributed by atoms with Crippen LogP contribution in [0, 0.1) is 29.6 Å². The Morgan fingerprint density at radius 2 is 1.53 bits per heavy atom. The highest BCUT2D eigenvalue weighted by Gasteiger charge is 2.31. The van der Waals surface area contributed by atoms with E-state index in [4.69, 9.17) is 0 Å². The van der Waals surface area contributed by atoms with Crippen LogP contribution in [0.4, 0.5) is 0 Å². The van der Waals surface area contributed by atoms with Crippen LogP contribution in [0.5, 0.6) is 0 Å². The van der Waals surface area contributed by atoms with Crippen molar-refractivity contribution >= 4 is 11.8 Å². The van der Waals surface area contributed by atoms with Crippen LogP contribution in [0.1, 0.15) is 52.6 Å². The number of hydrogen-bond donors (Lipinski definition) is 1. The Balaban J connectivity index is 2.68. The maximum absolute atomic E-state index is 11.9. The van der Waals surface area contributed by atoms with Crippen molar-refractivity contribution in [2.24, 2.45) is 5.92 Å². The van der Waals surface area contributed by atoms with Gasteiger partial charge < -0.3 is 0 Å². The SMILES string of the molecule is CC#Cc1ccc(C#CC(C)C)c2c1C(=O)NC2=O. The van der Waals surface area contributed by atoms with Gasteiger partial charge in [0, 0.05) is 17.0 Å². The van der Waals surface area contributed by atoms with E-state index < -0.39 is 11.8 Å². The van der Waals surface area contributed by atoms with Crippen molar-refractivity contribution in [2.75, 3.05) is 0 Å². The molecule has 0 spiro atoms. The first kappa shape index (κ1) is 12.9. The average Bonchev–Trinajstić information content (AvgIpc) is 2.65. The monoisotopic (exact) mass is 251 g/mol. The van der Waals surface area contributed by atoms with Gasteiger partial charge in [-0.25, -0.2) is 0 Å². The average molecular weight is 251 g/mol. The topological polar surface area (TPSA) is 46.2 Å². The maximum Gasteiger partial charge on any atom is 0.260 e. The fourth-order valence-electron chi connectivity index (χ4n) is 1.87. The first-order valence-corrected chi connectivity index (χ1v) is 6.01. The molecule has 3 nitrogen and oxygen atoms in total. The zero-order valence-corrected chi connectivity index (χ0v) is 11.0. The summed E-state index contributed by atoms with van der Waals surface area (Å²) >= 11 is 0. The first-order chi connectivity index (χ1) is 9.04. The number of amides is 2. The van der Waals surface area contributed by atoms with E-state index >= 15 is 0 Å². The molecule has 1 aromatic rings. The zero-order chi connectivity index (χ0) is 14.0. The summed E-state index contributed by atoms with van der Waals surface area (Å²) in [6.07, 6.45) is 0. The summed E-state index contributed by atoms with van der Waals surface area (Å²) in [7, 11) is 0. The Morgan fingerprint density at radius 3 is 2.00 bits per heavy atom. The quantitative estimate of drug-likeness (QED) is 0.566. The minimum atomic E-state index is -0.397. The standard InChI is InChI=1S/C16H13NO2/c1-4-5-11-8-9-12(7-6-10(2)3)14-13(11)15(18)17-16(14)19/h8-10H,1-3H3,(H,17,18,19). The van der Waals surface area contributed by atoms with Crippen molar-refractivity contribution in [2.45, 2.75) is 20.8 Å². The van der Waals surface area contributed by atoms with Crippen LogP contribution < -0.4 is 5.32 Å². The number of imide groups is 1. The predicted octanol–water partition coefficient (Wildman–Crippen LogP) is 1.95. The van der Waals surface area contributed by atoms with Crippen LogP contribution >= 0.6 is 0 Å². The third kappa shape index (κ3) is 2.37. The molecule has 94 valence electrons. The Hall–Kier alpha value is -2.52. The van der Waals surface area contributed by atoms with Gasteiger partial charge in [0.05, 0.1) is 11.1 Å². The van der Waals surface area contributed by atoms with Gasteiger partial charge in [0.15, 0.2) is 0 Å². The molecule has 0 saturated carbocycles. The minimum absolute atomic E-state index is 0.200. The van der Waals surface area contributed by atoms with Gasteiger partial charge >= 0.3 is 0 Å². The number of carbonyl (C=O) groups is 2. The number of carbonyl (C=O) groups excluding carboxylic acids is 2. The van der Waals surface area contributed by atoms with E-state index in [9.17, 15) is 9.59 Å². The molecule has 0 fully saturated rings.